The first kappa shape index (κ1) is 20.8. The Labute approximate surface area is 191 Å². The van der Waals surface area contributed by atoms with Crippen molar-refractivity contribution in [1.82, 2.24) is 14.6 Å². The summed E-state index contributed by atoms with van der Waals surface area (Å²) in [5, 5.41) is 7.32. The number of carbonyl (C=O) groups excluding carboxylic acids is 1. The van der Waals surface area contributed by atoms with Crippen LogP contribution in [0.5, 0.6) is 11.5 Å². The largest absolute Gasteiger partial charge is 0.454 e. The summed E-state index contributed by atoms with van der Waals surface area (Å²) in [5.74, 6) is 2.37. The highest BCUT2D eigenvalue weighted by Crippen LogP contribution is 2.37. The van der Waals surface area contributed by atoms with Gasteiger partial charge in [-0.05, 0) is 35.2 Å². The van der Waals surface area contributed by atoms with Crippen LogP contribution in [0.3, 0.4) is 0 Å². The normalized spacial score (nSPS) is 12.7. The number of hydrogen-bond donors (Lipinski definition) is 1. The number of fused-ring (bicyclic) bond motifs is 2. The van der Waals surface area contributed by atoms with Crippen molar-refractivity contribution in [3.8, 4) is 11.5 Å². The highest BCUT2D eigenvalue weighted by atomic mass is 16.7. The van der Waals surface area contributed by atoms with Crippen LogP contribution in [0.4, 0.5) is 17.3 Å². The maximum Gasteiger partial charge on any atom is 0.256 e. The van der Waals surface area contributed by atoms with Gasteiger partial charge in [-0.3, -0.25) is 4.79 Å². The minimum absolute atomic E-state index is 0.0256. The molecule has 1 N–H and O–H groups in total. The van der Waals surface area contributed by atoms with Crippen molar-refractivity contribution in [3.63, 3.8) is 0 Å². The fourth-order valence-corrected chi connectivity index (χ4v) is 3.74. The molecule has 1 aliphatic rings. The molecule has 0 saturated heterocycles. The molecule has 0 fully saturated rings. The first-order valence-corrected chi connectivity index (χ1v) is 10.7. The summed E-state index contributed by atoms with van der Waals surface area (Å²) >= 11 is 0. The highest BCUT2D eigenvalue weighted by molar-refractivity contribution is 6.04. The fraction of sp³-hybridized carbons (Fsp3) is 0.240. The highest BCUT2D eigenvalue weighted by Gasteiger charge is 2.19. The lowest BCUT2D eigenvalue weighted by Crippen LogP contribution is -2.18. The van der Waals surface area contributed by atoms with Gasteiger partial charge in [-0.25, -0.2) is 4.98 Å². The number of nitrogens with zero attached hydrogens (tertiary/aromatic N) is 4. The zero-order chi connectivity index (χ0) is 23.2. The Hall–Kier alpha value is -4.07. The summed E-state index contributed by atoms with van der Waals surface area (Å²) in [6, 6.07) is 17.0. The van der Waals surface area contributed by atoms with Gasteiger partial charge in [-0.1, -0.05) is 32.9 Å². The van der Waals surface area contributed by atoms with Gasteiger partial charge in [0, 0.05) is 36.5 Å². The number of aromatic nitrogens is 3. The molecule has 0 spiro atoms. The Balaban J connectivity index is 1.45. The lowest BCUT2D eigenvalue weighted by atomic mass is 9.87. The zero-order valence-corrected chi connectivity index (χ0v) is 19.0. The molecule has 2 aromatic carbocycles. The third-order valence-corrected chi connectivity index (χ3v) is 5.68. The van der Waals surface area contributed by atoms with E-state index >= 15 is 0 Å². The molecule has 3 heterocycles. The molecule has 0 radical (unpaired) electrons. The molecule has 8 heteroatoms. The predicted octanol–water partition coefficient (Wildman–Crippen LogP) is 4.78. The van der Waals surface area contributed by atoms with Crippen LogP contribution in [0.25, 0.3) is 5.65 Å². The Morgan fingerprint density at radius 3 is 2.55 bits per heavy atom. The standard InChI is InChI=1S/C25H25N5O3/c1-25(2,3)17-7-5-16(6-8-17)24(31)28-21-14-23(30-22(27-21)11-12-26-30)29(4)18-9-10-19-20(13-18)33-15-32-19/h5-14H,15H2,1-4H3,(H,27,28,31). The van der Waals surface area contributed by atoms with Crippen molar-refractivity contribution < 1.29 is 14.3 Å². The van der Waals surface area contributed by atoms with Crippen molar-refractivity contribution in [1.29, 1.82) is 0 Å². The average molecular weight is 444 g/mol. The Kier molecular flexibility index (Phi) is 4.92. The van der Waals surface area contributed by atoms with Crippen LogP contribution in [-0.4, -0.2) is 34.3 Å². The number of nitrogens with one attached hydrogen (secondary N) is 1. The van der Waals surface area contributed by atoms with E-state index in [1.165, 1.54) is 5.56 Å². The molecule has 2 aromatic heterocycles. The number of rotatable bonds is 4. The maximum atomic E-state index is 12.9. The number of benzene rings is 2. The number of hydrogen-bond acceptors (Lipinski definition) is 6. The zero-order valence-electron chi connectivity index (χ0n) is 19.0. The van der Waals surface area contributed by atoms with Crippen LogP contribution in [0, 0.1) is 0 Å². The number of carbonyl (C=O) groups is 1. The predicted molar refractivity (Wildman–Crippen MR) is 127 cm³/mol. The summed E-state index contributed by atoms with van der Waals surface area (Å²) in [7, 11) is 1.92. The first-order valence-electron chi connectivity index (χ1n) is 10.7. The van der Waals surface area contributed by atoms with Crippen LogP contribution in [-0.2, 0) is 5.41 Å². The SMILES string of the molecule is CN(c1ccc2c(c1)OCO2)c1cc(NC(=O)c2ccc(C(C)(C)C)cc2)nc2ccnn12. The van der Waals surface area contributed by atoms with Crippen LogP contribution in [0.1, 0.15) is 36.7 Å². The quantitative estimate of drug-likeness (QED) is 0.489. The van der Waals surface area contributed by atoms with Gasteiger partial charge in [0.25, 0.3) is 5.91 Å². The molecule has 8 nitrogen and oxygen atoms in total. The maximum absolute atomic E-state index is 12.9. The number of ether oxygens (including phenoxy) is 2. The van der Waals surface area contributed by atoms with Crippen LogP contribution in [0.15, 0.2) is 60.8 Å². The number of anilines is 3. The van der Waals surface area contributed by atoms with Gasteiger partial charge in [-0.15, -0.1) is 0 Å². The van der Waals surface area contributed by atoms with E-state index in [0.29, 0.717) is 22.8 Å². The molecule has 0 saturated carbocycles. The third kappa shape index (κ3) is 3.95. The minimum Gasteiger partial charge on any atom is -0.454 e. The average Bonchev–Trinajstić information content (AvgIpc) is 3.46. The van der Waals surface area contributed by atoms with Gasteiger partial charge in [0.2, 0.25) is 6.79 Å². The van der Waals surface area contributed by atoms with Crippen LogP contribution in [0.2, 0.25) is 0 Å². The van der Waals surface area contributed by atoms with Crippen LogP contribution >= 0.6 is 0 Å². The first-order chi connectivity index (χ1) is 15.8. The van der Waals surface area contributed by atoms with E-state index < -0.39 is 0 Å². The molecule has 168 valence electrons. The van der Waals surface area contributed by atoms with Gasteiger partial charge in [0.1, 0.15) is 11.6 Å². The summed E-state index contributed by atoms with van der Waals surface area (Å²) in [5.41, 5.74) is 3.28. The Bertz CT molecular complexity index is 1340. The number of amides is 1. The molecule has 0 unspecified atom stereocenters. The van der Waals surface area contributed by atoms with Crippen LogP contribution < -0.4 is 19.7 Å². The van der Waals surface area contributed by atoms with Crippen molar-refractivity contribution in [3.05, 3.63) is 71.9 Å². The fourth-order valence-electron chi connectivity index (χ4n) is 3.74. The second kappa shape index (κ2) is 7.81. The topological polar surface area (TPSA) is 81.0 Å². The molecule has 0 atom stereocenters. The lowest BCUT2D eigenvalue weighted by Gasteiger charge is -2.21. The Morgan fingerprint density at radius 1 is 1.03 bits per heavy atom. The molecule has 0 aliphatic carbocycles. The van der Waals surface area contributed by atoms with Crippen molar-refractivity contribution in [2.24, 2.45) is 0 Å². The molecular weight excluding hydrogens is 418 g/mol. The van der Waals surface area contributed by atoms with E-state index in [2.05, 4.69) is 36.2 Å². The second-order valence-electron chi connectivity index (χ2n) is 8.98. The Morgan fingerprint density at radius 2 is 1.79 bits per heavy atom. The van der Waals surface area contributed by atoms with Crippen molar-refractivity contribution in [2.45, 2.75) is 26.2 Å². The summed E-state index contributed by atoms with van der Waals surface area (Å²) < 4.78 is 12.6. The van der Waals surface area contributed by atoms with Gasteiger partial charge in [0.15, 0.2) is 17.1 Å². The third-order valence-electron chi connectivity index (χ3n) is 5.68. The summed E-state index contributed by atoms with van der Waals surface area (Å²) in [4.78, 5) is 19.4. The monoisotopic (exact) mass is 443 g/mol. The summed E-state index contributed by atoms with van der Waals surface area (Å²) in [6.07, 6.45) is 1.68. The van der Waals surface area contributed by atoms with Gasteiger partial charge >= 0.3 is 0 Å². The molecule has 5 rings (SSSR count). The molecule has 33 heavy (non-hydrogen) atoms. The van der Waals surface area contributed by atoms with Crippen molar-refractivity contribution >= 4 is 28.9 Å². The van der Waals surface area contributed by atoms with Gasteiger partial charge < -0.3 is 19.7 Å². The lowest BCUT2D eigenvalue weighted by molar-refractivity contribution is 0.102. The minimum atomic E-state index is -0.219. The smallest absolute Gasteiger partial charge is 0.256 e. The molecule has 1 amide bonds. The molecule has 4 aromatic rings. The second-order valence-corrected chi connectivity index (χ2v) is 8.98. The van der Waals surface area contributed by atoms with Crippen molar-refractivity contribution in [2.75, 3.05) is 24.1 Å². The molecule has 1 aliphatic heterocycles. The summed E-state index contributed by atoms with van der Waals surface area (Å²) in [6.45, 7) is 6.65. The van der Waals surface area contributed by atoms with E-state index in [9.17, 15) is 4.79 Å². The molecular formula is C25H25N5O3. The van der Waals surface area contributed by atoms with Gasteiger partial charge in [0.05, 0.1) is 6.20 Å². The van der Waals surface area contributed by atoms with E-state index in [-0.39, 0.29) is 18.1 Å². The van der Waals surface area contributed by atoms with Gasteiger partial charge in [-0.2, -0.15) is 9.61 Å². The molecule has 0 bridgehead atoms. The van der Waals surface area contributed by atoms with E-state index in [1.54, 1.807) is 22.8 Å². The van der Waals surface area contributed by atoms with E-state index in [1.807, 2.05) is 54.4 Å². The van der Waals surface area contributed by atoms with E-state index in [0.717, 1.165) is 17.3 Å². The van der Waals surface area contributed by atoms with E-state index in [4.69, 9.17) is 9.47 Å².